The molecule has 0 heterocycles. The molecule has 3 nitrogen and oxygen atoms in total. The molecule has 0 aromatic rings. The highest BCUT2D eigenvalue weighted by atomic mass is 16.4. The first-order valence-electron chi connectivity index (χ1n) is 8.35. The van der Waals surface area contributed by atoms with Crippen LogP contribution in [0.3, 0.4) is 0 Å². The fourth-order valence-corrected chi connectivity index (χ4v) is 1.69. The molecule has 0 saturated carbocycles. The van der Waals surface area contributed by atoms with E-state index in [1.165, 1.54) is 0 Å². The van der Waals surface area contributed by atoms with Gasteiger partial charge in [-0.2, -0.15) is 0 Å². The van der Waals surface area contributed by atoms with E-state index in [1.54, 1.807) is 6.08 Å². The van der Waals surface area contributed by atoms with E-state index in [9.17, 15) is 9.90 Å². The van der Waals surface area contributed by atoms with Crippen LogP contribution in [-0.2, 0) is 4.79 Å². The van der Waals surface area contributed by atoms with Crippen LogP contribution in [0.4, 0.5) is 0 Å². The van der Waals surface area contributed by atoms with Gasteiger partial charge in [0.2, 0.25) is 0 Å². The summed E-state index contributed by atoms with van der Waals surface area (Å²) >= 11 is 0. The Morgan fingerprint density at radius 3 is 2.04 bits per heavy atom. The van der Waals surface area contributed by atoms with Gasteiger partial charge in [0.15, 0.2) is 0 Å². The lowest BCUT2D eigenvalue weighted by atomic mass is 10.2. The zero-order valence-corrected chi connectivity index (χ0v) is 14.1. The summed E-state index contributed by atoms with van der Waals surface area (Å²) in [4.78, 5) is 10.3. The molecular formula is C20H30O3. The van der Waals surface area contributed by atoms with E-state index in [1.807, 2.05) is 25.2 Å². The van der Waals surface area contributed by atoms with Gasteiger partial charge in [0, 0.05) is 6.42 Å². The van der Waals surface area contributed by atoms with Gasteiger partial charge in [0.1, 0.15) is 0 Å². The monoisotopic (exact) mass is 318 g/mol. The van der Waals surface area contributed by atoms with Crippen LogP contribution in [0.2, 0.25) is 0 Å². The smallest absolute Gasteiger partial charge is 0.303 e. The van der Waals surface area contributed by atoms with Gasteiger partial charge in [-0.1, -0.05) is 67.7 Å². The molecule has 0 aliphatic rings. The van der Waals surface area contributed by atoms with Crippen molar-refractivity contribution >= 4 is 5.97 Å². The highest BCUT2D eigenvalue weighted by Crippen LogP contribution is 1.99. The highest BCUT2D eigenvalue weighted by Gasteiger charge is 1.92. The molecule has 0 aromatic heterocycles. The molecule has 23 heavy (non-hydrogen) atoms. The van der Waals surface area contributed by atoms with Gasteiger partial charge < -0.3 is 10.2 Å². The molecule has 1 atom stereocenters. The van der Waals surface area contributed by atoms with Crippen LogP contribution in [0.15, 0.2) is 60.8 Å². The van der Waals surface area contributed by atoms with Gasteiger partial charge in [-0.3, -0.25) is 4.79 Å². The predicted molar refractivity (Wildman–Crippen MR) is 97.3 cm³/mol. The Labute approximate surface area is 140 Å². The number of carbonyl (C=O) groups is 1. The third kappa shape index (κ3) is 18.1. The molecule has 0 rings (SSSR count). The second-order valence-electron chi connectivity index (χ2n) is 5.20. The van der Waals surface area contributed by atoms with Crippen molar-refractivity contribution in [2.45, 2.75) is 58.0 Å². The summed E-state index contributed by atoms with van der Waals surface area (Å²) in [5.41, 5.74) is 0. The van der Waals surface area contributed by atoms with E-state index in [2.05, 4.69) is 36.5 Å². The van der Waals surface area contributed by atoms with Crippen molar-refractivity contribution in [1.82, 2.24) is 0 Å². The van der Waals surface area contributed by atoms with E-state index in [-0.39, 0.29) is 12.5 Å². The van der Waals surface area contributed by atoms with Crippen LogP contribution in [-0.4, -0.2) is 22.3 Å². The Hall–Kier alpha value is -1.87. The molecule has 0 aliphatic heterocycles. The number of hydrogen-bond acceptors (Lipinski definition) is 2. The molecule has 0 aromatic carbocycles. The molecule has 2 N–H and O–H groups in total. The van der Waals surface area contributed by atoms with Gasteiger partial charge in [0.05, 0.1) is 6.10 Å². The average molecular weight is 318 g/mol. The van der Waals surface area contributed by atoms with Crippen LogP contribution >= 0.6 is 0 Å². The minimum Gasteiger partial charge on any atom is -0.481 e. The molecule has 0 unspecified atom stereocenters. The van der Waals surface area contributed by atoms with Crippen molar-refractivity contribution in [3.63, 3.8) is 0 Å². The normalized spacial score (nSPS) is 14.2. The number of carboxylic acid groups (broad SMARTS) is 1. The molecule has 0 bridgehead atoms. The summed E-state index contributed by atoms with van der Waals surface area (Å²) < 4.78 is 0. The van der Waals surface area contributed by atoms with Gasteiger partial charge in [-0.05, 0) is 38.5 Å². The molecule has 3 heteroatoms. The summed E-state index contributed by atoms with van der Waals surface area (Å²) in [5.74, 6) is -0.727. The number of hydrogen-bond donors (Lipinski definition) is 2. The standard InChI is InChI=1S/C20H30O3/c1-2-19(21)17-15-13-11-9-7-5-3-4-6-8-10-12-14-16-18-20(22)23/h4-7,10-13,15,17,19,21H,2-3,8-9,14,16,18H2,1H3,(H,22,23)/b6-4+,7-5+,12-10+,13-11+,17-15+/t19-/m0/s1. The summed E-state index contributed by atoms with van der Waals surface area (Å²) in [7, 11) is 0. The Morgan fingerprint density at radius 1 is 0.913 bits per heavy atom. The lowest BCUT2D eigenvalue weighted by Crippen LogP contribution is -1.97. The third-order valence-corrected chi connectivity index (χ3v) is 3.08. The maximum absolute atomic E-state index is 10.3. The summed E-state index contributed by atoms with van der Waals surface area (Å²) in [6.45, 7) is 1.95. The third-order valence-electron chi connectivity index (χ3n) is 3.08. The molecule has 128 valence electrons. The maximum Gasteiger partial charge on any atom is 0.303 e. The summed E-state index contributed by atoms with van der Waals surface area (Å²) in [6, 6.07) is 0. The van der Waals surface area contributed by atoms with Crippen LogP contribution in [0.25, 0.3) is 0 Å². The van der Waals surface area contributed by atoms with Crippen molar-refractivity contribution < 1.29 is 15.0 Å². The molecule has 0 saturated heterocycles. The van der Waals surface area contributed by atoms with E-state index < -0.39 is 5.97 Å². The zero-order chi connectivity index (χ0) is 17.2. The van der Waals surface area contributed by atoms with Crippen LogP contribution in [0.1, 0.15) is 51.9 Å². The Kier molecular flexibility index (Phi) is 15.2. The largest absolute Gasteiger partial charge is 0.481 e. The Bertz CT molecular complexity index is 428. The number of aliphatic hydroxyl groups excluding tert-OH is 1. The number of aliphatic hydroxyl groups is 1. The molecule has 0 spiro atoms. The van der Waals surface area contributed by atoms with E-state index in [0.29, 0.717) is 6.42 Å². The second kappa shape index (κ2) is 16.5. The molecule has 0 fully saturated rings. The first-order valence-corrected chi connectivity index (χ1v) is 8.35. The topological polar surface area (TPSA) is 57.5 Å². The van der Waals surface area contributed by atoms with Crippen molar-refractivity contribution in [2.75, 3.05) is 0 Å². The highest BCUT2D eigenvalue weighted by molar-refractivity contribution is 5.66. The fraction of sp³-hybridized carbons (Fsp3) is 0.450. The number of carboxylic acids is 1. The van der Waals surface area contributed by atoms with E-state index in [0.717, 1.165) is 32.1 Å². The van der Waals surface area contributed by atoms with Crippen molar-refractivity contribution in [3.05, 3.63) is 60.8 Å². The molecule has 0 aliphatic carbocycles. The van der Waals surface area contributed by atoms with Gasteiger partial charge in [-0.25, -0.2) is 0 Å². The Morgan fingerprint density at radius 2 is 1.48 bits per heavy atom. The van der Waals surface area contributed by atoms with E-state index >= 15 is 0 Å². The van der Waals surface area contributed by atoms with Crippen molar-refractivity contribution in [3.8, 4) is 0 Å². The lowest BCUT2D eigenvalue weighted by molar-refractivity contribution is -0.137. The van der Waals surface area contributed by atoms with Gasteiger partial charge >= 0.3 is 5.97 Å². The SMILES string of the molecule is CC[C@H](O)/C=C/C=C/C/C=C/C/C=C/C/C=C/CCCC(=O)O. The zero-order valence-electron chi connectivity index (χ0n) is 14.1. The number of unbranched alkanes of at least 4 members (excludes halogenated alkanes) is 1. The fourth-order valence-electron chi connectivity index (χ4n) is 1.69. The minimum absolute atomic E-state index is 0.244. The number of rotatable bonds is 13. The first kappa shape index (κ1) is 21.1. The van der Waals surface area contributed by atoms with E-state index in [4.69, 9.17) is 5.11 Å². The van der Waals surface area contributed by atoms with Crippen LogP contribution < -0.4 is 0 Å². The van der Waals surface area contributed by atoms with Gasteiger partial charge in [-0.15, -0.1) is 0 Å². The van der Waals surface area contributed by atoms with Crippen molar-refractivity contribution in [1.29, 1.82) is 0 Å². The first-order chi connectivity index (χ1) is 11.2. The second-order valence-corrected chi connectivity index (χ2v) is 5.20. The van der Waals surface area contributed by atoms with Crippen molar-refractivity contribution in [2.24, 2.45) is 0 Å². The number of aliphatic carboxylic acids is 1. The quantitative estimate of drug-likeness (QED) is 0.286. The molecular weight excluding hydrogens is 288 g/mol. The van der Waals surface area contributed by atoms with Gasteiger partial charge in [0.25, 0.3) is 0 Å². The predicted octanol–water partition coefficient (Wildman–Crippen LogP) is 4.96. The maximum atomic E-state index is 10.3. The molecule has 0 amide bonds. The average Bonchev–Trinajstić information content (AvgIpc) is 2.53. The Balaban J connectivity index is 3.55. The number of allylic oxidation sites excluding steroid dienone is 9. The summed E-state index contributed by atoms with van der Waals surface area (Å²) in [6.07, 6.45) is 25.2. The van der Waals surface area contributed by atoms with Crippen LogP contribution in [0, 0.1) is 0 Å². The minimum atomic E-state index is -0.727. The summed E-state index contributed by atoms with van der Waals surface area (Å²) in [5, 5.41) is 17.8. The van der Waals surface area contributed by atoms with Crippen LogP contribution in [0.5, 0.6) is 0 Å². The lowest BCUT2D eigenvalue weighted by Gasteiger charge is -1.95. The molecule has 0 radical (unpaired) electrons.